The van der Waals surface area contributed by atoms with E-state index < -0.39 is 44.2 Å². The molecule has 0 radical (unpaired) electrons. The molecule has 0 bridgehead atoms. The molecule has 41 heavy (non-hydrogen) atoms. The number of fused-ring (bicyclic) bond motifs is 1. The molecule has 1 N–H and O–H groups in total. The monoisotopic (exact) mass is 581 g/mol. The molecule has 1 amide bonds. The van der Waals surface area contributed by atoms with Crippen LogP contribution in [0.2, 0.25) is 0 Å². The van der Waals surface area contributed by atoms with Crippen LogP contribution in [0.4, 0.5) is 14.6 Å². The highest BCUT2D eigenvalue weighted by Crippen LogP contribution is 2.36. The van der Waals surface area contributed by atoms with Gasteiger partial charge in [0.05, 0.1) is 21.5 Å². The summed E-state index contributed by atoms with van der Waals surface area (Å²) >= 11 is 0. The van der Waals surface area contributed by atoms with Crippen molar-refractivity contribution >= 4 is 32.6 Å². The van der Waals surface area contributed by atoms with E-state index in [1.54, 1.807) is 16.7 Å². The second-order valence-electron chi connectivity index (χ2n) is 9.65. The van der Waals surface area contributed by atoms with Crippen LogP contribution in [0, 0.1) is 11.6 Å². The van der Waals surface area contributed by atoms with Crippen molar-refractivity contribution in [2.24, 2.45) is 0 Å². The molecular formula is C28H25F2N5O5S. The van der Waals surface area contributed by atoms with Gasteiger partial charge in [0.25, 0.3) is 0 Å². The van der Waals surface area contributed by atoms with E-state index in [4.69, 9.17) is 0 Å². The van der Waals surface area contributed by atoms with Crippen LogP contribution in [0.25, 0.3) is 28.0 Å². The summed E-state index contributed by atoms with van der Waals surface area (Å²) in [5, 5.41) is 10.4. The molecule has 1 saturated heterocycles. The summed E-state index contributed by atoms with van der Waals surface area (Å²) in [7, 11) is -3.85. The number of aromatic hydroxyl groups is 1. The number of carbonyl (C=O) groups is 1. The Labute approximate surface area is 233 Å². The lowest BCUT2D eigenvalue weighted by Crippen LogP contribution is -2.54. The van der Waals surface area contributed by atoms with Crippen molar-refractivity contribution < 1.29 is 27.1 Å². The quantitative estimate of drug-likeness (QED) is 0.357. The summed E-state index contributed by atoms with van der Waals surface area (Å²) in [4.78, 5) is 37.5. The molecule has 2 aromatic heterocycles. The van der Waals surface area contributed by atoms with E-state index in [0.717, 1.165) is 23.0 Å². The van der Waals surface area contributed by atoms with Gasteiger partial charge in [0.1, 0.15) is 23.1 Å². The fourth-order valence-electron chi connectivity index (χ4n) is 5.02. The minimum atomic E-state index is -3.85. The van der Waals surface area contributed by atoms with Gasteiger partial charge in [-0.2, -0.15) is 4.98 Å². The average Bonchev–Trinajstić information content (AvgIpc) is 2.92. The van der Waals surface area contributed by atoms with Crippen molar-refractivity contribution in [3.63, 3.8) is 0 Å². The molecule has 0 saturated carbocycles. The molecule has 2 aromatic carbocycles. The van der Waals surface area contributed by atoms with E-state index in [9.17, 15) is 27.5 Å². The first-order valence-electron chi connectivity index (χ1n) is 12.5. The number of piperazine rings is 1. The first kappa shape index (κ1) is 27.9. The number of anilines is 1. The van der Waals surface area contributed by atoms with E-state index in [1.165, 1.54) is 42.5 Å². The average molecular weight is 582 g/mol. The van der Waals surface area contributed by atoms with Crippen molar-refractivity contribution in [1.29, 1.82) is 0 Å². The minimum absolute atomic E-state index is 0.0420. The second-order valence-corrected chi connectivity index (χ2v) is 11.6. The Balaban J connectivity index is 1.83. The Morgan fingerprint density at radius 1 is 1.10 bits per heavy atom. The summed E-state index contributed by atoms with van der Waals surface area (Å²) in [6.45, 7) is 6.09. The number of hydrogen-bond donors (Lipinski definition) is 1. The number of rotatable bonds is 5. The van der Waals surface area contributed by atoms with Crippen LogP contribution in [0.1, 0.15) is 6.92 Å². The van der Waals surface area contributed by atoms with Gasteiger partial charge in [0.15, 0.2) is 21.3 Å². The lowest BCUT2D eigenvalue weighted by Gasteiger charge is -2.40. The number of pyridine rings is 1. The molecule has 0 spiro atoms. The number of halogens is 2. The zero-order chi connectivity index (χ0) is 29.6. The number of phenolic OH excluding ortho intramolecular Hbond substituents is 1. The molecule has 10 nitrogen and oxygen atoms in total. The molecule has 3 heterocycles. The van der Waals surface area contributed by atoms with Gasteiger partial charge < -0.3 is 14.9 Å². The van der Waals surface area contributed by atoms with Gasteiger partial charge in [-0.1, -0.05) is 24.8 Å². The Kier molecular flexibility index (Phi) is 7.07. The fourth-order valence-corrected chi connectivity index (χ4v) is 5.89. The summed E-state index contributed by atoms with van der Waals surface area (Å²) in [5.41, 5.74) is -2.30. The van der Waals surface area contributed by atoms with Gasteiger partial charge >= 0.3 is 5.69 Å². The Bertz CT molecular complexity index is 1870. The molecule has 0 aliphatic carbocycles. The number of benzene rings is 2. The Hall–Kier alpha value is -4.65. The van der Waals surface area contributed by atoms with Crippen LogP contribution in [-0.2, 0) is 14.6 Å². The number of amides is 1. The Morgan fingerprint density at radius 2 is 1.83 bits per heavy atom. The van der Waals surface area contributed by atoms with Crippen LogP contribution in [0.3, 0.4) is 0 Å². The van der Waals surface area contributed by atoms with Crippen LogP contribution in [0.5, 0.6) is 5.75 Å². The molecule has 212 valence electrons. The highest BCUT2D eigenvalue weighted by molar-refractivity contribution is 7.90. The van der Waals surface area contributed by atoms with Crippen molar-refractivity contribution in [3.05, 3.63) is 83.3 Å². The molecule has 1 atom stereocenters. The van der Waals surface area contributed by atoms with Crippen LogP contribution < -0.4 is 10.6 Å². The Morgan fingerprint density at radius 3 is 2.49 bits per heavy atom. The van der Waals surface area contributed by atoms with E-state index in [1.807, 2.05) is 0 Å². The standard InChI is InChI=1S/C28H25F2N5O5S/c1-4-23(37)33-12-13-34(16(2)15-33)26-17-14-19(30)25(24-18(29)8-7-10-21(24)36)31-27(17)35(28(38)32-26)20-9-5-6-11-22(20)41(3,39)40/h4-11,14,16,36H,1,12-13,15H2,2-3H3/t16-/m0/s1. The normalized spacial score (nSPS) is 15.8. The summed E-state index contributed by atoms with van der Waals surface area (Å²) in [5.74, 6) is -2.73. The van der Waals surface area contributed by atoms with Crippen LogP contribution in [-0.4, -0.2) is 70.8 Å². The lowest BCUT2D eigenvalue weighted by molar-refractivity contribution is -0.126. The van der Waals surface area contributed by atoms with Crippen molar-refractivity contribution in [2.75, 3.05) is 30.8 Å². The second kappa shape index (κ2) is 10.4. The van der Waals surface area contributed by atoms with Gasteiger partial charge in [-0.3, -0.25) is 4.79 Å². The fraction of sp³-hybridized carbons (Fsp3) is 0.214. The van der Waals surface area contributed by atoms with Gasteiger partial charge in [0, 0.05) is 31.9 Å². The van der Waals surface area contributed by atoms with E-state index >= 15 is 4.39 Å². The largest absolute Gasteiger partial charge is 0.507 e. The smallest absolute Gasteiger partial charge is 0.355 e. The van der Waals surface area contributed by atoms with Gasteiger partial charge in [0.2, 0.25) is 5.91 Å². The van der Waals surface area contributed by atoms with E-state index in [-0.39, 0.29) is 59.0 Å². The maximum Gasteiger partial charge on any atom is 0.355 e. The number of hydrogen-bond acceptors (Lipinski definition) is 8. The summed E-state index contributed by atoms with van der Waals surface area (Å²) in [6.07, 6.45) is 2.18. The van der Waals surface area contributed by atoms with Crippen molar-refractivity contribution in [3.8, 4) is 22.7 Å². The molecule has 1 aliphatic heterocycles. The van der Waals surface area contributed by atoms with E-state index in [0.29, 0.717) is 0 Å². The minimum Gasteiger partial charge on any atom is -0.507 e. The van der Waals surface area contributed by atoms with Crippen molar-refractivity contribution in [2.45, 2.75) is 17.9 Å². The summed E-state index contributed by atoms with van der Waals surface area (Å²) in [6, 6.07) is 9.78. The molecule has 5 rings (SSSR count). The molecule has 13 heteroatoms. The maximum atomic E-state index is 15.7. The number of nitrogens with zero attached hydrogens (tertiary/aromatic N) is 5. The number of sulfone groups is 1. The van der Waals surface area contributed by atoms with Crippen LogP contribution >= 0.6 is 0 Å². The molecular weight excluding hydrogens is 556 g/mol. The maximum absolute atomic E-state index is 15.7. The number of para-hydroxylation sites is 1. The third-order valence-corrected chi connectivity index (χ3v) is 8.07. The number of aromatic nitrogens is 3. The van der Waals surface area contributed by atoms with E-state index in [2.05, 4.69) is 16.5 Å². The highest BCUT2D eigenvalue weighted by Gasteiger charge is 2.31. The number of carbonyl (C=O) groups excluding carboxylic acids is 1. The third-order valence-electron chi connectivity index (χ3n) is 6.92. The molecule has 1 aliphatic rings. The molecule has 4 aromatic rings. The number of phenols is 1. The van der Waals surface area contributed by atoms with Gasteiger partial charge in [-0.15, -0.1) is 0 Å². The SMILES string of the molecule is C=CC(=O)N1CCN(c2nc(=O)n(-c3ccccc3S(C)(=O)=O)c3nc(-c4c(O)cccc4F)c(F)cc23)[C@@H](C)C1. The molecule has 1 fully saturated rings. The summed E-state index contributed by atoms with van der Waals surface area (Å²) < 4.78 is 56.7. The first-order valence-corrected chi connectivity index (χ1v) is 14.4. The highest BCUT2D eigenvalue weighted by atomic mass is 32.2. The topological polar surface area (TPSA) is 126 Å². The first-order chi connectivity index (χ1) is 19.4. The zero-order valence-corrected chi connectivity index (χ0v) is 22.9. The third kappa shape index (κ3) is 4.92. The molecule has 0 unspecified atom stereocenters. The predicted octanol–water partition coefficient (Wildman–Crippen LogP) is 3.06. The zero-order valence-electron chi connectivity index (χ0n) is 22.1. The van der Waals surface area contributed by atoms with Gasteiger partial charge in [-0.05, 0) is 43.3 Å². The van der Waals surface area contributed by atoms with Gasteiger partial charge in [-0.25, -0.2) is 31.5 Å². The van der Waals surface area contributed by atoms with Crippen LogP contribution in [0.15, 0.2) is 70.9 Å². The predicted molar refractivity (Wildman–Crippen MR) is 149 cm³/mol. The van der Waals surface area contributed by atoms with Crippen molar-refractivity contribution in [1.82, 2.24) is 19.4 Å². The lowest BCUT2D eigenvalue weighted by atomic mass is 10.1.